The molecule has 0 saturated heterocycles. The van der Waals surface area contributed by atoms with E-state index in [1.165, 1.54) is 12.8 Å². The van der Waals surface area contributed by atoms with Gasteiger partial charge >= 0.3 is 0 Å². The Hall–Kier alpha value is -1.58. The zero-order chi connectivity index (χ0) is 13.0. The summed E-state index contributed by atoms with van der Waals surface area (Å²) in [6.07, 6.45) is 6.23. The van der Waals surface area contributed by atoms with E-state index < -0.39 is 0 Å². The lowest BCUT2D eigenvalue weighted by molar-refractivity contribution is 0.0918. The molecule has 1 aliphatic rings. The maximum atomic E-state index is 12.1. The molecule has 1 saturated carbocycles. The standard InChI is InChI=1S/C14H21N3O/c1-10-3-5-11(6-4-10)17-14(18)13-9-12(15-2)7-8-16-13/h7-11H,3-6H2,1-2H3,(H,15,16)(H,17,18). The van der Waals surface area contributed by atoms with Crippen molar-refractivity contribution in [3.05, 3.63) is 24.0 Å². The van der Waals surface area contributed by atoms with Crippen molar-refractivity contribution in [2.75, 3.05) is 12.4 Å². The van der Waals surface area contributed by atoms with Crippen LogP contribution in [0.25, 0.3) is 0 Å². The second kappa shape index (κ2) is 5.85. The van der Waals surface area contributed by atoms with E-state index >= 15 is 0 Å². The summed E-state index contributed by atoms with van der Waals surface area (Å²) < 4.78 is 0. The van der Waals surface area contributed by atoms with Crippen LogP contribution in [0.1, 0.15) is 43.1 Å². The van der Waals surface area contributed by atoms with Crippen LogP contribution in [0.15, 0.2) is 18.3 Å². The van der Waals surface area contributed by atoms with Crippen LogP contribution in [-0.4, -0.2) is 24.0 Å². The quantitative estimate of drug-likeness (QED) is 0.862. The summed E-state index contributed by atoms with van der Waals surface area (Å²) in [5, 5.41) is 6.09. The minimum absolute atomic E-state index is 0.0633. The number of amides is 1. The van der Waals surface area contributed by atoms with Crippen molar-refractivity contribution in [1.29, 1.82) is 0 Å². The van der Waals surface area contributed by atoms with Crippen LogP contribution in [0.4, 0.5) is 5.69 Å². The second-order valence-electron chi connectivity index (χ2n) is 5.11. The van der Waals surface area contributed by atoms with E-state index in [9.17, 15) is 4.79 Å². The van der Waals surface area contributed by atoms with Crippen molar-refractivity contribution >= 4 is 11.6 Å². The predicted molar refractivity (Wildman–Crippen MR) is 72.7 cm³/mol. The van der Waals surface area contributed by atoms with Gasteiger partial charge in [-0.2, -0.15) is 0 Å². The minimum Gasteiger partial charge on any atom is -0.388 e. The molecule has 18 heavy (non-hydrogen) atoms. The van der Waals surface area contributed by atoms with Crippen molar-refractivity contribution in [2.45, 2.75) is 38.6 Å². The molecule has 1 aromatic rings. The molecule has 2 rings (SSSR count). The number of anilines is 1. The number of aromatic nitrogens is 1. The Kier molecular flexibility index (Phi) is 4.18. The number of hydrogen-bond acceptors (Lipinski definition) is 3. The number of carbonyl (C=O) groups is 1. The first-order valence-electron chi connectivity index (χ1n) is 6.63. The Labute approximate surface area is 108 Å². The van der Waals surface area contributed by atoms with Crippen molar-refractivity contribution in [3.63, 3.8) is 0 Å². The lowest BCUT2D eigenvalue weighted by atomic mass is 9.87. The van der Waals surface area contributed by atoms with E-state index in [1.54, 1.807) is 12.3 Å². The number of nitrogens with one attached hydrogen (secondary N) is 2. The molecule has 1 fully saturated rings. The van der Waals surface area contributed by atoms with E-state index in [2.05, 4.69) is 22.5 Å². The number of hydrogen-bond donors (Lipinski definition) is 2. The Balaban J connectivity index is 1.94. The summed E-state index contributed by atoms with van der Waals surface area (Å²) in [4.78, 5) is 16.2. The molecular formula is C14H21N3O. The van der Waals surface area contributed by atoms with E-state index in [0.29, 0.717) is 11.7 Å². The fourth-order valence-electron chi connectivity index (χ4n) is 2.37. The Bertz CT molecular complexity index is 411. The molecule has 2 N–H and O–H groups in total. The first-order valence-corrected chi connectivity index (χ1v) is 6.63. The molecule has 4 nitrogen and oxygen atoms in total. The van der Waals surface area contributed by atoms with Gasteiger partial charge in [0.1, 0.15) is 5.69 Å². The van der Waals surface area contributed by atoms with Gasteiger partial charge in [0, 0.05) is 25.0 Å². The van der Waals surface area contributed by atoms with E-state index in [4.69, 9.17) is 0 Å². The Morgan fingerprint density at radius 3 is 2.72 bits per heavy atom. The van der Waals surface area contributed by atoms with Crippen LogP contribution in [0.3, 0.4) is 0 Å². The van der Waals surface area contributed by atoms with Gasteiger partial charge in [-0.05, 0) is 43.7 Å². The molecule has 1 aliphatic carbocycles. The first kappa shape index (κ1) is 12.9. The maximum Gasteiger partial charge on any atom is 0.270 e. The topological polar surface area (TPSA) is 54.0 Å². The van der Waals surface area contributed by atoms with Gasteiger partial charge in [0.15, 0.2) is 0 Å². The van der Waals surface area contributed by atoms with Crippen molar-refractivity contribution in [2.24, 2.45) is 5.92 Å². The average Bonchev–Trinajstić information content (AvgIpc) is 2.41. The third kappa shape index (κ3) is 3.22. The molecule has 0 unspecified atom stereocenters. The monoisotopic (exact) mass is 247 g/mol. The molecule has 1 heterocycles. The number of carbonyl (C=O) groups excluding carboxylic acids is 1. The van der Waals surface area contributed by atoms with Crippen molar-refractivity contribution in [3.8, 4) is 0 Å². The van der Waals surface area contributed by atoms with E-state index in [0.717, 1.165) is 24.4 Å². The second-order valence-corrected chi connectivity index (χ2v) is 5.11. The van der Waals surface area contributed by atoms with Crippen LogP contribution in [0, 0.1) is 5.92 Å². The van der Waals surface area contributed by atoms with Gasteiger partial charge in [0.05, 0.1) is 0 Å². The zero-order valence-corrected chi connectivity index (χ0v) is 11.1. The molecule has 0 bridgehead atoms. The highest BCUT2D eigenvalue weighted by atomic mass is 16.1. The number of rotatable bonds is 3. The van der Waals surface area contributed by atoms with Crippen LogP contribution < -0.4 is 10.6 Å². The zero-order valence-electron chi connectivity index (χ0n) is 11.1. The summed E-state index contributed by atoms with van der Waals surface area (Å²) >= 11 is 0. The van der Waals surface area contributed by atoms with Crippen LogP contribution >= 0.6 is 0 Å². The summed E-state index contributed by atoms with van der Waals surface area (Å²) in [6.45, 7) is 2.27. The molecule has 0 atom stereocenters. The molecule has 0 spiro atoms. The largest absolute Gasteiger partial charge is 0.388 e. The molecule has 4 heteroatoms. The summed E-state index contributed by atoms with van der Waals surface area (Å²) in [5.41, 5.74) is 1.40. The summed E-state index contributed by atoms with van der Waals surface area (Å²) in [6, 6.07) is 3.94. The lowest BCUT2D eigenvalue weighted by Gasteiger charge is -2.26. The van der Waals surface area contributed by atoms with Crippen molar-refractivity contribution < 1.29 is 4.79 Å². The third-order valence-electron chi connectivity index (χ3n) is 3.63. The van der Waals surface area contributed by atoms with Crippen LogP contribution in [-0.2, 0) is 0 Å². The Morgan fingerprint density at radius 2 is 2.06 bits per heavy atom. The predicted octanol–water partition coefficient (Wildman–Crippen LogP) is 2.43. The minimum atomic E-state index is -0.0633. The smallest absolute Gasteiger partial charge is 0.270 e. The first-order chi connectivity index (χ1) is 8.69. The summed E-state index contributed by atoms with van der Waals surface area (Å²) in [5.74, 6) is 0.732. The number of nitrogens with zero attached hydrogens (tertiary/aromatic N) is 1. The van der Waals surface area contributed by atoms with Gasteiger partial charge in [0.2, 0.25) is 0 Å². The van der Waals surface area contributed by atoms with Gasteiger partial charge in [-0.25, -0.2) is 0 Å². The molecule has 0 aliphatic heterocycles. The molecule has 98 valence electrons. The van der Waals surface area contributed by atoms with Gasteiger partial charge < -0.3 is 10.6 Å². The van der Waals surface area contributed by atoms with E-state index in [-0.39, 0.29) is 5.91 Å². The SMILES string of the molecule is CNc1ccnc(C(=O)NC2CCC(C)CC2)c1. The normalized spacial score (nSPS) is 23.4. The highest BCUT2D eigenvalue weighted by molar-refractivity contribution is 5.93. The van der Waals surface area contributed by atoms with Gasteiger partial charge in [-0.3, -0.25) is 9.78 Å². The molecule has 1 amide bonds. The fraction of sp³-hybridized carbons (Fsp3) is 0.571. The molecular weight excluding hydrogens is 226 g/mol. The number of pyridine rings is 1. The van der Waals surface area contributed by atoms with Crippen molar-refractivity contribution in [1.82, 2.24) is 10.3 Å². The van der Waals surface area contributed by atoms with Gasteiger partial charge in [0.25, 0.3) is 5.91 Å². The van der Waals surface area contributed by atoms with Crippen LogP contribution in [0.2, 0.25) is 0 Å². The molecule has 0 aromatic carbocycles. The highest BCUT2D eigenvalue weighted by Crippen LogP contribution is 2.23. The Morgan fingerprint density at radius 1 is 1.33 bits per heavy atom. The van der Waals surface area contributed by atoms with Gasteiger partial charge in [-0.1, -0.05) is 6.92 Å². The highest BCUT2D eigenvalue weighted by Gasteiger charge is 2.20. The molecule has 0 radical (unpaired) electrons. The average molecular weight is 247 g/mol. The molecule has 1 aromatic heterocycles. The summed E-state index contributed by atoms with van der Waals surface area (Å²) in [7, 11) is 1.83. The lowest BCUT2D eigenvalue weighted by Crippen LogP contribution is -2.37. The fourth-order valence-corrected chi connectivity index (χ4v) is 2.37. The van der Waals surface area contributed by atoms with E-state index in [1.807, 2.05) is 13.1 Å². The van der Waals surface area contributed by atoms with Crippen LogP contribution in [0.5, 0.6) is 0 Å². The maximum absolute atomic E-state index is 12.1. The third-order valence-corrected chi connectivity index (χ3v) is 3.63. The van der Waals surface area contributed by atoms with Gasteiger partial charge in [-0.15, -0.1) is 0 Å².